The molecule has 138 valence electrons. The van der Waals surface area contributed by atoms with E-state index < -0.39 is 5.97 Å². The minimum Gasteiger partial charge on any atom is -0.476 e. The monoisotopic (exact) mass is 365 g/mol. The van der Waals surface area contributed by atoms with Crippen molar-refractivity contribution in [3.05, 3.63) is 65.4 Å². The van der Waals surface area contributed by atoms with E-state index in [-0.39, 0.29) is 11.6 Å². The second-order valence-corrected chi connectivity index (χ2v) is 6.43. The molecule has 0 unspecified atom stereocenters. The number of carbonyl (C=O) groups is 2. The minimum absolute atomic E-state index is 0.00236. The molecule has 0 radical (unpaired) electrons. The van der Waals surface area contributed by atoms with Gasteiger partial charge in [-0.25, -0.2) is 4.79 Å². The molecule has 1 fully saturated rings. The number of carbonyl (C=O) groups excluding carboxylic acids is 1. The molecule has 1 aliphatic heterocycles. The first-order chi connectivity index (χ1) is 13.1. The van der Waals surface area contributed by atoms with Gasteiger partial charge in [-0.2, -0.15) is 5.10 Å². The largest absolute Gasteiger partial charge is 0.476 e. The van der Waals surface area contributed by atoms with E-state index in [2.05, 4.69) is 5.10 Å². The maximum absolute atomic E-state index is 12.5. The van der Waals surface area contributed by atoms with Crippen molar-refractivity contribution in [2.75, 3.05) is 26.3 Å². The van der Waals surface area contributed by atoms with Crippen LogP contribution in [0.5, 0.6) is 0 Å². The summed E-state index contributed by atoms with van der Waals surface area (Å²) in [5.74, 6) is -1.04. The SMILES string of the molecule is O=C(O)c1nn(Cc2ccc(C(=O)N3CCOCC3)cc2)c2ccccc12. The van der Waals surface area contributed by atoms with Crippen molar-refractivity contribution in [1.29, 1.82) is 0 Å². The summed E-state index contributed by atoms with van der Waals surface area (Å²) in [6.45, 7) is 2.79. The van der Waals surface area contributed by atoms with Crippen LogP contribution in [-0.4, -0.2) is 58.0 Å². The first kappa shape index (κ1) is 17.2. The number of amides is 1. The number of nitrogens with zero attached hydrogens (tertiary/aromatic N) is 3. The van der Waals surface area contributed by atoms with Crippen molar-refractivity contribution >= 4 is 22.8 Å². The van der Waals surface area contributed by atoms with Crippen LogP contribution in [0.25, 0.3) is 10.9 Å². The Bertz CT molecular complexity index is 988. The zero-order chi connectivity index (χ0) is 18.8. The molecule has 2 heterocycles. The van der Waals surface area contributed by atoms with Crippen molar-refractivity contribution in [2.24, 2.45) is 0 Å². The van der Waals surface area contributed by atoms with Gasteiger partial charge >= 0.3 is 5.97 Å². The van der Waals surface area contributed by atoms with Crippen LogP contribution >= 0.6 is 0 Å². The molecule has 0 spiro atoms. The Balaban J connectivity index is 1.56. The van der Waals surface area contributed by atoms with E-state index in [1.165, 1.54) is 0 Å². The third kappa shape index (κ3) is 3.41. The zero-order valence-corrected chi connectivity index (χ0v) is 14.7. The highest BCUT2D eigenvalue weighted by Gasteiger charge is 2.19. The van der Waals surface area contributed by atoms with E-state index in [0.29, 0.717) is 43.8 Å². The topological polar surface area (TPSA) is 84.7 Å². The minimum atomic E-state index is -1.04. The molecule has 3 aromatic rings. The lowest BCUT2D eigenvalue weighted by molar-refractivity contribution is 0.0303. The van der Waals surface area contributed by atoms with Crippen molar-refractivity contribution in [3.8, 4) is 0 Å². The number of aromatic carboxylic acids is 1. The standard InChI is InChI=1S/C20H19N3O4/c24-19(22-9-11-27-12-10-22)15-7-5-14(6-8-15)13-23-17-4-2-1-3-16(17)18(21-23)20(25)26/h1-8H,9-13H2,(H,25,26). The van der Waals surface area contributed by atoms with Gasteiger partial charge in [0.1, 0.15) is 0 Å². The summed E-state index contributed by atoms with van der Waals surface area (Å²) in [5, 5.41) is 14.2. The molecule has 0 saturated carbocycles. The van der Waals surface area contributed by atoms with Gasteiger partial charge in [-0.15, -0.1) is 0 Å². The third-order valence-corrected chi connectivity index (χ3v) is 4.69. The lowest BCUT2D eigenvalue weighted by Gasteiger charge is -2.26. The van der Waals surface area contributed by atoms with E-state index in [1.807, 2.05) is 24.3 Å². The molecule has 7 nitrogen and oxygen atoms in total. The van der Waals surface area contributed by atoms with E-state index in [1.54, 1.807) is 33.8 Å². The highest BCUT2D eigenvalue weighted by molar-refractivity contribution is 6.01. The summed E-state index contributed by atoms with van der Waals surface area (Å²) in [6, 6.07) is 14.6. The number of para-hydroxylation sites is 1. The van der Waals surface area contributed by atoms with Gasteiger partial charge in [0.05, 0.1) is 25.3 Å². The number of aromatic nitrogens is 2. The molecule has 0 atom stereocenters. The van der Waals surface area contributed by atoms with Crippen molar-refractivity contribution in [3.63, 3.8) is 0 Å². The fourth-order valence-electron chi connectivity index (χ4n) is 3.28. The van der Waals surface area contributed by atoms with Crippen LogP contribution in [-0.2, 0) is 11.3 Å². The van der Waals surface area contributed by atoms with Crippen LogP contribution in [0.1, 0.15) is 26.4 Å². The molecule has 1 amide bonds. The molecular weight excluding hydrogens is 346 g/mol. The predicted octanol–water partition coefficient (Wildman–Crippen LogP) is 2.26. The highest BCUT2D eigenvalue weighted by atomic mass is 16.5. The van der Waals surface area contributed by atoms with Crippen LogP contribution in [0.3, 0.4) is 0 Å². The first-order valence-corrected chi connectivity index (χ1v) is 8.78. The molecule has 7 heteroatoms. The average Bonchev–Trinajstić information content (AvgIpc) is 3.08. The number of rotatable bonds is 4. The van der Waals surface area contributed by atoms with Crippen molar-refractivity contribution in [1.82, 2.24) is 14.7 Å². The summed E-state index contributed by atoms with van der Waals surface area (Å²) >= 11 is 0. The highest BCUT2D eigenvalue weighted by Crippen LogP contribution is 2.20. The molecule has 1 N–H and O–H groups in total. The van der Waals surface area contributed by atoms with Crippen LogP contribution in [0.4, 0.5) is 0 Å². The quantitative estimate of drug-likeness (QED) is 0.767. The van der Waals surface area contributed by atoms with E-state index >= 15 is 0 Å². The fourth-order valence-corrected chi connectivity index (χ4v) is 3.28. The maximum Gasteiger partial charge on any atom is 0.357 e. The second kappa shape index (κ2) is 7.20. The molecule has 1 aromatic heterocycles. The Morgan fingerprint density at radius 1 is 1.04 bits per heavy atom. The van der Waals surface area contributed by atoms with E-state index in [4.69, 9.17) is 4.74 Å². The Morgan fingerprint density at radius 3 is 2.44 bits per heavy atom. The Labute approximate surface area is 155 Å². The van der Waals surface area contributed by atoms with Crippen LogP contribution in [0.15, 0.2) is 48.5 Å². The summed E-state index contributed by atoms with van der Waals surface area (Å²) in [7, 11) is 0. The van der Waals surface area contributed by atoms with Crippen molar-refractivity contribution in [2.45, 2.75) is 6.54 Å². The van der Waals surface area contributed by atoms with Crippen LogP contribution in [0.2, 0.25) is 0 Å². The summed E-state index contributed by atoms with van der Waals surface area (Å²) in [6.07, 6.45) is 0. The lowest BCUT2D eigenvalue weighted by atomic mass is 10.1. The number of carboxylic acid groups (broad SMARTS) is 1. The molecule has 0 bridgehead atoms. The van der Waals surface area contributed by atoms with E-state index in [0.717, 1.165) is 11.1 Å². The molecule has 0 aliphatic carbocycles. The number of fused-ring (bicyclic) bond motifs is 1. The molecule has 1 aliphatic rings. The zero-order valence-electron chi connectivity index (χ0n) is 14.7. The number of carboxylic acids is 1. The molecule has 2 aromatic carbocycles. The van der Waals surface area contributed by atoms with Gasteiger partial charge in [-0.3, -0.25) is 9.48 Å². The van der Waals surface area contributed by atoms with E-state index in [9.17, 15) is 14.7 Å². The van der Waals surface area contributed by atoms with Gasteiger partial charge < -0.3 is 14.7 Å². The summed E-state index contributed by atoms with van der Waals surface area (Å²) in [4.78, 5) is 25.7. The van der Waals surface area contributed by atoms with Gasteiger partial charge in [0, 0.05) is 24.0 Å². The number of morpholine rings is 1. The van der Waals surface area contributed by atoms with Gasteiger partial charge in [0.15, 0.2) is 5.69 Å². The molecule has 1 saturated heterocycles. The van der Waals surface area contributed by atoms with Crippen LogP contribution < -0.4 is 0 Å². The number of benzene rings is 2. The van der Waals surface area contributed by atoms with Gasteiger partial charge in [-0.05, 0) is 23.8 Å². The van der Waals surface area contributed by atoms with Gasteiger partial charge in [0.2, 0.25) is 0 Å². The summed E-state index contributed by atoms with van der Waals surface area (Å²) < 4.78 is 6.96. The Kier molecular flexibility index (Phi) is 4.60. The number of hydrogen-bond acceptors (Lipinski definition) is 4. The Hall–Kier alpha value is -3.19. The van der Waals surface area contributed by atoms with Crippen LogP contribution in [0, 0.1) is 0 Å². The molecular formula is C20H19N3O4. The number of hydrogen-bond donors (Lipinski definition) is 1. The van der Waals surface area contributed by atoms with Crippen molar-refractivity contribution < 1.29 is 19.4 Å². The normalized spacial score (nSPS) is 14.4. The fraction of sp³-hybridized carbons (Fsp3) is 0.250. The Morgan fingerprint density at radius 2 is 1.74 bits per heavy atom. The summed E-state index contributed by atoms with van der Waals surface area (Å²) in [5.41, 5.74) is 2.39. The smallest absolute Gasteiger partial charge is 0.357 e. The lowest BCUT2D eigenvalue weighted by Crippen LogP contribution is -2.40. The average molecular weight is 365 g/mol. The van der Waals surface area contributed by atoms with Gasteiger partial charge in [-0.1, -0.05) is 30.3 Å². The maximum atomic E-state index is 12.5. The van der Waals surface area contributed by atoms with Gasteiger partial charge in [0.25, 0.3) is 5.91 Å². The second-order valence-electron chi connectivity index (χ2n) is 6.43. The predicted molar refractivity (Wildman–Crippen MR) is 99.0 cm³/mol. The number of ether oxygens (including phenoxy) is 1. The first-order valence-electron chi connectivity index (χ1n) is 8.78. The molecule has 27 heavy (non-hydrogen) atoms. The third-order valence-electron chi connectivity index (χ3n) is 4.69. The molecule has 4 rings (SSSR count).